The number of nitrogens with one attached hydrogen (secondary N) is 2. The van der Waals surface area contributed by atoms with E-state index in [9.17, 15) is 4.79 Å². The molecule has 0 aliphatic carbocycles. The highest BCUT2D eigenvalue weighted by Crippen LogP contribution is 2.25. The Morgan fingerprint density at radius 3 is 2.73 bits per heavy atom. The number of anilines is 3. The van der Waals surface area contributed by atoms with Gasteiger partial charge < -0.3 is 21.1 Å². The van der Waals surface area contributed by atoms with Crippen molar-refractivity contribution in [3.63, 3.8) is 0 Å². The summed E-state index contributed by atoms with van der Waals surface area (Å²) in [7, 11) is 0. The van der Waals surface area contributed by atoms with Crippen LogP contribution in [0.25, 0.3) is 0 Å². The number of amides is 1. The fraction of sp³-hybridized carbons (Fsp3) is 0.136. The van der Waals surface area contributed by atoms with Gasteiger partial charge in [-0.2, -0.15) is 4.98 Å². The maximum Gasteiger partial charge on any atom is 0.233 e. The molecule has 0 aliphatic heterocycles. The molecule has 0 spiro atoms. The zero-order valence-electron chi connectivity index (χ0n) is 16.0. The summed E-state index contributed by atoms with van der Waals surface area (Å²) in [4.78, 5) is 20.9. The third kappa shape index (κ3) is 6.04. The van der Waals surface area contributed by atoms with Crippen LogP contribution in [0.2, 0.25) is 0 Å². The number of carbonyl (C=O) groups excluding carboxylic acids is 1. The first-order valence-corrected chi connectivity index (χ1v) is 9.90. The van der Waals surface area contributed by atoms with Gasteiger partial charge in [0.2, 0.25) is 17.7 Å². The lowest BCUT2D eigenvalue weighted by Gasteiger charge is -2.13. The Hall–Kier alpha value is -3.41. The van der Waals surface area contributed by atoms with Crippen molar-refractivity contribution >= 4 is 39.2 Å². The Labute approximate surface area is 183 Å². The molecule has 1 amide bonds. The Balaban J connectivity index is 1.63. The minimum Gasteiger partial charge on any atom is -0.464 e. The summed E-state index contributed by atoms with van der Waals surface area (Å²) in [6, 6.07) is 16.4. The van der Waals surface area contributed by atoms with Crippen LogP contribution in [0.1, 0.15) is 18.0 Å². The predicted molar refractivity (Wildman–Crippen MR) is 120 cm³/mol. The third-order valence-corrected chi connectivity index (χ3v) is 4.58. The van der Waals surface area contributed by atoms with E-state index in [1.54, 1.807) is 18.3 Å². The van der Waals surface area contributed by atoms with Crippen LogP contribution in [0.15, 0.2) is 65.3 Å². The largest absolute Gasteiger partial charge is 0.464 e. The van der Waals surface area contributed by atoms with Crippen molar-refractivity contribution in [3.8, 4) is 18.2 Å². The molecule has 0 radical (unpaired) electrons. The second-order valence-electron chi connectivity index (χ2n) is 6.31. The SMILES string of the molecule is C#CCOc1nc(Nc2cccc(NC(=O)CC(N)c3ccccc3)c2)ncc1Br. The molecule has 0 aliphatic rings. The monoisotopic (exact) mass is 465 g/mol. The van der Waals surface area contributed by atoms with Crippen molar-refractivity contribution < 1.29 is 9.53 Å². The molecule has 30 heavy (non-hydrogen) atoms. The van der Waals surface area contributed by atoms with Crippen LogP contribution in [0, 0.1) is 12.3 Å². The van der Waals surface area contributed by atoms with Crippen LogP contribution in [0.3, 0.4) is 0 Å². The van der Waals surface area contributed by atoms with Crippen molar-refractivity contribution in [2.45, 2.75) is 12.5 Å². The van der Waals surface area contributed by atoms with E-state index in [-0.39, 0.29) is 25.0 Å². The van der Waals surface area contributed by atoms with Gasteiger partial charge in [-0.3, -0.25) is 4.79 Å². The summed E-state index contributed by atoms with van der Waals surface area (Å²) in [6.07, 6.45) is 6.96. The van der Waals surface area contributed by atoms with E-state index < -0.39 is 0 Å². The van der Waals surface area contributed by atoms with Crippen LogP contribution in [-0.4, -0.2) is 22.5 Å². The molecule has 1 atom stereocenters. The Morgan fingerprint density at radius 1 is 1.20 bits per heavy atom. The van der Waals surface area contributed by atoms with E-state index in [1.807, 2.05) is 42.5 Å². The number of carbonyl (C=O) groups is 1. The summed E-state index contributed by atoms with van der Waals surface area (Å²) in [6.45, 7) is 0.0989. The molecule has 4 N–H and O–H groups in total. The smallest absolute Gasteiger partial charge is 0.233 e. The van der Waals surface area contributed by atoms with Gasteiger partial charge in [0.25, 0.3) is 0 Å². The molecule has 0 fully saturated rings. The topological polar surface area (TPSA) is 102 Å². The fourth-order valence-corrected chi connectivity index (χ4v) is 2.96. The van der Waals surface area contributed by atoms with E-state index in [4.69, 9.17) is 16.9 Å². The van der Waals surface area contributed by atoms with Gasteiger partial charge in [-0.15, -0.1) is 6.42 Å². The van der Waals surface area contributed by atoms with Crippen LogP contribution in [0.5, 0.6) is 5.88 Å². The number of benzene rings is 2. The normalized spacial score (nSPS) is 11.2. The number of nitrogens with zero attached hydrogens (tertiary/aromatic N) is 2. The summed E-state index contributed by atoms with van der Waals surface area (Å²) in [5, 5.41) is 5.94. The lowest BCUT2D eigenvalue weighted by Crippen LogP contribution is -2.20. The van der Waals surface area contributed by atoms with Gasteiger partial charge in [-0.1, -0.05) is 42.3 Å². The third-order valence-electron chi connectivity index (χ3n) is 4.04. The average Bonchev–Trinajstić information content (AvgIpc) is 2.75. The van der Waals surface area contributed by atoms with Crippen LogP contribution >= 0.6 is 15.9 Å². The first-order chi connectivity index (χ1) is 14.5. The summed E-state index contributed by atoms with van der Waals surface area (Å²) < 4.78 is 5.97. The zero-order chi connectivity index (χ0) is 21.3. The minimum absolute atomic E-state index is 0.0989. The van der Waals surface area contributed by atoms with Crippen LogP contribution in [0.4, 0.5) is 17.3 Å². The molecular formula is C22H20BrN5O2. The standard InChI is InChI=1S/C22H20BrN5O2/c1-2-11-30-21-18(23)14-25-22(28-21)27-17-10-6-9-16(12-17)26-20(29)13-19(24)15-7-4-3-5-8-15/h1,3-10,12,14,19H,11,13,24H2,(H,26,29)(H,25,27,28). The van der Waals surface area contributed by atoms with Gasteiger partial charge in [-0.25, -0.2) is 4.98 Å². The maximum absolute atomic E-state index is 12.4. The second kappa shape index (κ2) is 10.4. The average molecular weight is 466 g/mol. The zero-order valence-corrected chi connectivity index (χ0v) is 17.6. The molecule has 1 aromatic heterocycles. The minimum atomic E-state index is -0.370. The van der Waals surface area contributed by atoms with Gasteiger partial charge >= 0.3 is 0 Å². The molecular weight excluding hydrogens is 446 g/mol. The Bertz CT molecular complexity index is 1050. The molecule has 2 aromatic carbocycles. The van der Waals surface area contributed by atoms with E-state index in [1.165, 1.54) is 0 Å². The highest BCUT2D eigenvalue weighted by atomic mass is 79.9. The Kier molecular flexibility index (Phi) is 7.38. The maximum atomic E-state index is 12.4. The fourth-order valence-electron chi connectivity index (χ4n) is 2.66. The predicted octanol–water partition coefficient (Wildman–Crippen LogP) is 4.02. The van der Waals surface area contributed by atoms with Crippen molar-refractivity contribution in [2.75, 3.05) is 17.2 Å². The number of hydrogen-bond donors (Lipinski definition) is 3. The number of aromatic nitrogens is 2. The van der Waals surface area contributed by atoms with Crippen LogP contribution < -0.4 is 21.1 Å². The quantitative estimate of drug-likeness (QED) is 0.434. The summed E-state index contributed by atoms with van der Waals surface area (Å²) >= 11 is 3.32. The first-order valence-electron chi connectivity index (χ1n) is 9.11. The molecule has 8 heteroatoms. The molecule has 3 aromatic rings. The van der Waals surface area contributed by atoms with Crippen molar-refractivity contribution in [1.82, 2.24) is 9.97 Å². The lowest BCUT2D eigenvalue weighted by atomic mass is 10.0. The van der Waals surface area contributed by atoms with Gasteiger partial charge in [0, 0.05) is 23.8 Å². The van der Waals surface area contributed by atoms with Crippen molar-refractivity contribution in [2.24, 2.45) is 5.73 Å². The lowest BCUT2D eigenvalue weighted by molar-refractivity contribution is -0.116. The van der Waals surface area contributed by atoms with Gasteiger partial charge in [0.15, 0.2) is 6.61 Å². The second-order valence-corrected chi connectivity index (χ2v) is 7.17. The highest BCUT2D eigenvalue weighted by molar-refractivity contribution is 9.10. The first kappa shape index (κ1) is 21.3. The molecule has 0 bridgehead atoms. The summed E-state index contributed by atoms with van der Waals surface area (Å²) in [5.74, 6) is 2.89. The van der Waals surface area contributed by atoms with Gasteiger partial charge in [0.1, 0.15) is 0 Å². The number of ether oxygens (including phenoxy) is 1. The van der Waals surface area contributed by atoms with E-state index in [0.717, 1.165) is 5.56 Å². The molecule has 7 nitrogen and oxygen atoms in total. The van der Waals surface area contributed by atoms with E-state index >= 15 is 0 Å². The molecule has 1 heterocycles. The summed E-state index contributed by atoms with van der Waals surface area (Å²) in [5.41, 5.74) is 8.37. The number of halogens is 1. The number of rotatable bonds is 8. The van der Waals surface area contributed by atoms with Gasteiger partial charge in [0.05, 0.1) is 10.7 Å². The molecule has 152 valence electrons. The number of hydrogen-bond acceptors (Lipinski definition) is 6. The molecule has 0 saturated heterocycles. The molecule has 1 unspecified atom stereocenters. The molecule has 0 saturated carbocycles. The van der Waals surface area contributed by atoms with Crippen LogP contribution in [-0.2, 0) is 4.79 Å². The van der Waals surface area contributed by atoms with E-state index in [2.05, 4.69) is 42.5 Å². The van der Waals surface area contributed by atoms with E-state index in [0.29, 0.717) is 27.7 Å². The highest BCUT2D eigenvalue weighted by Gasteiger charge is 2.12. The number of nitrogens with two attached hydrogens (primary N) is 1. The Morgan fingerprint density at radius 2 is 1.97 bits per heavy atom. The van der Waals surface area contributed by atoms with Gasteiger partial charge in [-0.05, 0) is 39.7 Å². The van der Waals surface area contributed by atoms with Crippen molar-refractivity contribution in [3.05, 3.63) is 70.8 Å². The number of terminal acetylenes is 1. The molecule has 3 rings (SSSR count). The van der Waals surface area contributed by atoms with Crippen molar-refractivity contribution in [1.29, 1.82) is 0 Å².